The Labute approximate surface area is 193 Å². The molecule has 0 saturated carbocycles. The average molecular weight is 459 g/mol. The second-order valence-corrected chi connectivity index (χ2v) is 8.94. The summed E-state index contributed by atoms with van der Waals surface area (Å²) in [6.45, 7) is 4.26. The molecule has 3 aromatic heterocycles. The lowest BCUT2D eigenvalue weighted by molar-refractivity contribution is -0.113. The Hall–Kier alpha value is -3.85. The number of thioether (sulfide) groups is 1. The number of nitrogens with zero attached hydrogens (tertiary/aromatic N) is 3. The van der Waals surface area contributed by atoms with Gasteiger partial charge in [-0.25, -0.2) is 0 Å². The molecule has 9 heteroatoms. The Morgan fingerprint density at radius 2 is 1.85 bits per heavy atom. The topological polar surface area (TPSA) is 108 Å². The van der Waals surface area contributed by atoms with E-state index in [2.05, 4.69) is 39.3 Å². The SMILES string of the molecule is CC(C)c1ccc(NC(=O)CSc2nnc3[nH]c(=O)c4[nH]cc(-c5ccccc5)c4n23)cc1. The highest BCUT2D eigenvalue weighted by atomic mass is 32.2. The molecule has 5 rings (SSSR count). The lowest BCUT2D eigenvalue weighted by Crippen LogP contribution is -2.14. The third-order valence-corrected chi connectivity index (χ3v) is 6.37. The van der Waals surface area contributed by atoms with Crippen molar-refractivity contribution in [2.45, 2.75) is 24.9 Å². The van der Waals surface area contributed by atoms with Crippen LogP contribution in [0.15, 0.2) is 70.7 Å². The molecule has 3 heterocycles. The summed E-state index contributed by atoms with van der Waals surface area (Å²) in [6.07, 6.45) is 1.80. The van der Waals surface area contributed by atoms with Crippen LogP contribution in [0.25, 0.3) is 27.9 Å². The number of anilines is 1. The largest absolute Gasteiger partial charge is 0.355 e. The third kappa shape index (κ3) is 4.03. The number of H-pyrrole nitrogens is 2. The predicted molar refractivity (Wildman–Crippen MR) is 131 cm³/mol. The molecule has 0 aliphatic carbocycles. The fourth-order valence-electron chi connectivity index (χ4n) is 3.75. The van der Waals surface area contributed by atoms with E-state index < -0.39 is 0 Å². The summed E-state index contributed by atoms with van der Waals surface area (Å²) >= 11 is 1.26. The molecule has 1 amide bonds. The Morgan fingerprint density at radius 1 is 1.09 bits per heavy atom. The van der Waals surface area contributed by atoms with Crippen LogP contribution in [0.1, 0.15) is 25.3 Å². The Bertz CT molecular complexity index is 1500. The monoisotopic (exact) mass is 458 g/mol. The smallest absolute Gasteiger partial charge is 0.276 e. The molecule has 0 aliphatic heterocycles. The van der Waals surface area contributed by atoms with Gasteiger partial charge in [0.2, 0.25) is 11.7 Å². The Morgan fingerprint density at radius 3 is 2.58 bits per heavy atom. The fourth-order valence-corrected chi connectivity index (χ4v) is 4.49. The number of fused-ring (bicyclic) bond motifs is 3. The first kappa shape index (κ1) is 21.0. The minimum absolute atomic E-state index is 0.146. The minimum Gasteiger partial charge on any atom is -0.355 e. The van der Waals surface area contributed by atoms with Crippen molar-refractivity contribution in [3.8, 4) is 11.1 Å². The Balaban J connectivity index is 1.43. The highest BCUT2D eigenvalue weighted by Gasteiger charge is 2.18. The summed E-state index contributed by atoms with van der Waals surface area (Å²) in [5.74, 6) is 0.769. The molecule has 2 aromatic carbocycles. The van der Waals surface area contributed by atoms with Gasteiger partial charge in [0.15, 0.2) is 5.16 Å². The highest BCUT2D eigenvalue weighted by Crippen LogP contribution is 2.29. The zero-order chi connectivity index (χ0) is 22.9. The molecule has 5 aromatic rings. The molecule has 0 spiro atoms. The number of nitrogens with one attached hydrogen (secondary N) is 3. The average Bonchev–Trinajstić information content (AvgIpc) is 3.43. The van der Waals surface area contributed by atoms with Gasteiger partial charge in [-0.3, -0.25) is 19.0 Å². The maximum atomic E-state index is 12.6. The quantitative estimate of drug-likeness (QED) is 0.327. The summed E-state index contributed by atoms with van der Waals surface area (Å²) in [5.41, 5.74) is 4.62. The van der Waals surface area contributed by atoms with Gasteiger partial charge < -0.3 is 10.3 Å². The van der Waals surface area contributed by atoms with Crippen LogP contribution in [0.2, 0.25) is 0 Å². The number of benzene rings is 2. The molecule has 0 unspecified atom stereocenters. The first-order valence-electron chi connectivity index (χ1n) is 10.6. The number of carbonyl (C=O) groups is 1. The van der Waals surface area contributed by atoms with Gasteiger partial charge in [0.1, 0.15) is 5.52 Å². The van der Waals surface area contributed by atoms with Crippen LogP contribution in [0.3, 0.4) is 0 Å². The highest BCUT2D eigenvalue weighted by molar-refractivity contribution is 7.99. The van der Waals surface area contributed by atoms with Crippen LogP contribution in [0, 0.1) is 0 Å². The molecule has 0 fully saturated rings. The summed E-state index contributed by atoms with van der Waals surface area (Å²) in [6, 6.07) is 17.6. The number of aromatic amines is 2. The lowest BCUT2D eigenvalue weighted by Gasteiger charge is -2.08. The molecule has 8 nitrogen and oxygen atoms in total. The van der Waals surface area contributed by atoms with Gasteiger partial charge in [0, 0.05) is 17.4 Å². The molecule has 0 saturated heterocycles. The van der Waals surface area contributed by atoms with E-state index in [-0.39, 0.29) is 17.2 Å². The number of carbonyl (C=O) groups excluding carboxylic acids is 1. The van der Waals surface area contributed by atoms with E-state index in [0.29, 0.717) is 27.9 Å². The number of rotatable bonds is 6. The summed E-state index contributed by atoms with van der Waals surface area (Å²) in [7, 11) is 0. The van der Waals surface area contributed by atoms with Gasteiger partial charge in [-0.05, 0) is 29.2 Å². The molecular weight excluding hydrogens is 436 g/mol. The molecule has 166 valence electrons. The first-order chi connectivity index (χ1) is 16.0. The van der Waals surface area contributed by atoms with Crippen molar-refractivity contribution in [2.75, 3.05) is 11.1 Å². The lowest BCUT2D eigenvalue weighted by atomic mass is 10.0. The maximum absolute atomic E-state index is 12.6. The maximum Gasteiger partial charge on any atom is 0.276 e. The van der Waals surface area contributed by atoms with Crippen LogP contribution in [0.5, 0.6) is 0 Å². The van der Waals surface area contributed by atoms with Gasteiger partial charge in [-0.2, -0.15) is 0 Å². The van der Waals surface area contributed by atoms with Crippen molar-refractivity contribution in [1.82, 2.24) is 24.6 Å². The zero-order valence-electron chi connectivity index (χ0n) is 18.1. The van der Waals surface area contributed by atoms with Crippen LogP contribution in [-0.4, -0.2) is 36.2 Å². The van der Waals surface area contributed by atoms with Crippen molar-refractivity contribution in [2.24, 2.45) is 0 Å². The van der Waals surface area contributed by atoms with E-state index in [1.807, 2.05) is 54.6 Å². The number of hydrogen-bond acceptors (Lipinski definition) is 5. The molecule has 33 heavy (non-hydrogen) atoms. The minimum atomic E-state index is -0.272. The fraction of sp³-hybridized carbons (Fsp3) is 0.167. The van der Waals surface area contributed by atoms with Crippen molar-refractivity contribution in [1.29, 1.82) is 0 Å². The van der Waals surface area contributed by atoms with Gasteiger partial charge in [-0.1, -0.05) is 68.1 Å². The van der Waals surface area contributed by atoms with Gasteiger partial charge in [-0.15, -0.1) is 10.2 Å². The number of hydrogen-bond donors (Lipinski definition) is 3. The summed E-state index contributed by atoms with van der Waals surface area (Å²) in [5, 5.41) is 11.8. The zero-order valence-corrected chi connectivity index (χ0v) is 18.9. The van der Waals surface area contributed by atoms with Gasteiger partial charge in [0.05, 0.1) is 11.3 Å². The van der Waals surface area contributed by atoms with E-state index >= 15 is 0 Å². The van der Waals surface area contributed by atoms with E-state index in [9.17, 15) is 9.59 Å². The summed E-state index contributed by atoms with van der Waals surface area (Å²) in [4.78, 5) is 30.9. The van der Waals surface area contributed by atoms with Crippen molar-refractivity contribution in [3.63, 3.8) is 0 Å². The third-order valence-electron chi connectivity index (χ3n) is 5.44. The van der Waals surface area contributed by atoms with Crippen molar-refractivity contribution in [3.05, 3.63) is 76.7 Å². The second kappa shape index (κ2) is 8.59. The summed E-state index contributed by atoms with van der Waals surface area (Å²) < 4.78 is 1.78. The molecule has 0 aliphatic rings. The molecule has 0 atom stereocenters. The van der Waals surface area contributed by atoms with E-state index in [4.69, 9.17) is 0 Å². The predicted octanol–water partition coefficient (Wildman–Crippen LogP) is 4.42. The van der Waals surface area contributed by atoms with Crippen LogP contribution < -0.4 is 10.9 Å². The Kier molecular flexibility index (Phi) is 5.47. The van der Waals surface area contributed by atoms with E-state index in [1.54, 1.807) is 10.6 Å². The van der Waals surface area contributed by atoms with E-state index in [0.717, 1.165) is 16.8 Å². The second-order valence-electron chi connectivity index (χ2n) is 8.00. The molecule has 0 bridgehead atoms. The van der Waals surface area contributed by atoms with Crippen molar-refractivity contribution < 1.29 is 4.79 Å². The van der Waals surface area contributed by atoms with Crippen LogP contribution in [0.4, 0.5) is 5.69 Å². The van der Waals surface area contributed by atoms with Gasteiger partial charge >= 0.3 is 0 Å². The van der Waals surface area contributed by atoms with Crippen molar-refractivity contribution >= 4 is 40.2 Å². The van der Waals surface area contributed by atoms with Gasteiger partial charge in [0.25, 0.3) is 5.56 Å². The molecular formula is C24H22N6O2S. The number of amides is 1. The van der Waals surface area contributed by atoms with Crippen LogP contribution >= 0.6 is 11.8 Å². The molecule has 0 radical (unpaired) electrons. The normalized spacial score (nSPS) is 11.5. The standard InChI is InChI=1S/C24H22N6O2S/c1-14(2)15-8-10-17(11-9-15)26-19(31)13-33-24-29-28-23-27-22(32)20-21(30(23)24)18(12-25-20)16-6-4-3-5-7-16/h3-12,14,25H,13H2,1-2H3,(H,26,31)(H,27,28,32). The van der Waals surface area contributed by atoms with E-state index in [1.165, 1.54) is 17.3 Å². The first-order valence-corrected chi connectivity index (χ1v) is 11.6. The number of aromatic nitrogens is 5. The molecule has 3 N–H and O–H groups in total. The van der Waals surface area contributed by atoms with Crippen LogP contribution in [-0.2, 0) is 4.79 Å².